The number of azo groups is 1. The third kappa shape index (κ3) is 2.79. The van der Waals surface area contributed by atoms with E-state index in [-0.39, 0.29) is 5.91 Å². The number of rotatable bonds is 3. The summed E-state index contributed by atoms with van der Waals surface area (Å²) in [5.74, 6) is -0.132. The number of nitrogens with zero attached hydrogens (tertiary/aromatic N) is 4. The molecule has 0 fully saturated rings. The minimum Gasteiger partial charge on any atom is -0.322 e. The maximum Gasteiger partial charge on any atom is 0.255 e. The number of aromatic nitrogens is 1. The molecule has 2 aliphatic heterocycles. The van der Waals surface area contributed by atoms with Gasteiger partial charge < -0.3 is 5.32 Å². The summed E-state index contributed by atoms with van der Waals surface area (Å²) in [6, 6.07) is 13.6. The van der Waals surface area contributed by atoms with Gasteiger partial charge in [0.05, 0.1) is 24.5 Å². The molecule has 2 aromatic carbocycles. The Kier molecular flexibility index (Phi) is 3.83. The first kappa shape index (κ1) is 16.5. The number of aliphatic imine (C=N–C) groups is 1. The predicted octanol–water partition coefficient (Wildman–Crippen LogP) is 4.59. The van der Waals surface area contributed by atoms with Crippen LogP contribution >= 0.6 is 0 Å². The molecular weight excluding hydrogens is 350 g/mol. The van der Waals surface area contributed by atoms with Crippen LogP contribution in [0, 0.1) is 6.92 Å². The molecule has 0 saturated heterocycles. The van der Waals surface area contributed by atoms with Crippen LogP contribution in [0.2, 0.25) is 0 Å². The van der Waals surface area contributed by atoms with Gasteiger partial charge in [-0.1, -0.05) is 6.07 Å². The minimum absolute atomic E-state index is 0.132. The molecule has 0 radical (unpaired) electrons. The highest BCUT2D eigenvalue weighted by Crippen LogP contribution is 2.31. The highest BCUT2D eigenvalue weighted by Gasteiger charge is 2.20. The number of fused-ring (bicyclic) bond motifs is 2. The third-order valence-corrected chi connectivity index (χ3v) is 5.07. The molecule has 0 spiro atoms. The van der Waals surface area contributed by atoms with Crippen molar-refractivity contribution in [2.75, 3.05) is 5.32 Å². The highest BCUT2D eigenvalue weighted by molar-refractivity contribution is 6.16. The van der Waals surface area contributed by atoms with Crippen LogP contribution in [0.3, 0.4) is 0 Å². The topological polar surface area (TPSA) is 79.1 Å². The Bertz CT molecular complexity index is 1170. The van der Waals surface area contributed by atoms with Crippen LogP contribution in [0.4, 0.5) is 11.4 Å². The summed E-state index contributed by atoms with van der Waals surface area (Å²) < 4.78 is 0. The molecule has 136 valence electrons. The van der Waals surface area contributed by atoms with Gasteiger partial charge in [-0.3, -0.25) is 14.8 Å². The Morgan fingerprint density at radius 2 is 1.86 bits per heavy atom. The van der Waals surface area contributed by atoms with Crippen LogP contribution in [0.15, 0.2) is 70.1 Å². The molecule has 0 saturated carbocycles. The van der Waals surface area contributed by atoms with Gasteiger partial charge in [-0.15, -0.1) is 0 Å². The molecule has 2 aliphatic rings. The lowest BCUT2D eigenvalue weighted by atomic mass is 9.99. The van der Waals surface area contributed by atoms with Gasteiger partial charge in [-0.05, 0) is 54.4 Å². The van der Waals surface area contributed by atoms with Gasteiger partial charge in [0, 0.05) is 40.3 Å². The Labute approximate surface area is 162 Å². The Morgan fingerprint density at radius 1 is 1.00 bits per heavy atom. The summed E-state index contributed by atoms with van der Waals surface area (Å²) in [5, 5.41) is 11.2. The van der Waals surface area contributed by atoms with E-state index in [0.29, 0.717) is 18.7 Å². The second-order valence-corrected chi connectivity index (χ2v) is 6.92. The SMILES string of the molecule is Cc1cc2c(cc1C(=O)Nc1ccc3c(c1)C(c1ccncc1)=NC3)CN=N2. The zero-order valence-corrected chi connectivity index (χ0v) is 15.3. The Morgan fingerprint density at radius 3 is 2.71 bits per heavy atom. The lowest BCUT2D eigenvalue weighted by Crippen LogP contribution is -2.14. The summed E-state index contributed by atoms with van der Waals surface area (Å²) >= 11 is 0. The molecule has 3 heterocycles. The van der Waals surface area contributed by atoms with Crippen molar-refractivity contribution in [2.45, 2.75) is 20.0 Å². The number of carbonyl (C=O) groups is 1. The van der Waals surface area contributed by atoms with Crippen LogP contribution in [-0.4, -0.2) is 16.6 Å². The number of aryl methyl sites for hydroxylation is 1. The third-order valence-electron chi connectivity index (χ3n) is 5.07. The number of carbonyl (C=O) groups excluding carboxylic acids is 1. The van der Waals surface area contributed by atoms with E-state index in [1.807, 2.05) is 49.4 Å². The molecule has 0 bridgehead atoms. The predicted molar refractivity (Wildman–Crippen MR) is 107 cm³/mol. The number of pyridine rings is 1. The second-order valence-electron chi connectivity index (χ2n) is 6.92. The second kappa shape index (κ2) is 6.49. The summed E-state index contributed by atoms with van der Waals surface area (Å²) in [5.41, 5.74) is 8.29. The van der Waals surface area contributed by atoms with Crippen molar-refractivity contribution >= 4 is 23.0 Å². The molecule has 0 atom stereocenters. The first-order chi connectivity index (χ1) is 13.7. The largest absolute Gasteiger partial charge is 0.322 e. The maximum absolute atomic E-state index is 12.9. The molecule has 6 nitrogen and oxygen atoms in total. The van der Waals surface area contributed by atoms with Gasteiger partial charge in [-0.2, -0.15) is 10.2 Å². The molecule has 28 heavy (non-hydrogen) atoms. The van der Waals surface area contributed by atoms with E-state index in [0.717, 1.165) is 44.9 Å². The van der Waals surface area contributed by atoms with Crippen LogP contribution in [0.1, 0.15) is 38.2 Å². The van der Waals surface area contributed by atoms with Gasteiger partial charge in [0.15, 0.2) is 0 Å². The number of benzene rings is 2. The molecule has 1 N–H and O–H groups in total. The van der Waals surface area contributed by atoms with Crippen molar-refractivity contribution in [3.63, 3.8) is 0 Å². The van der Waals surface area contributed by atoms with E-state index in [4.69, 9.17) is 0 Å². The maximum atomic E-state index is 12.9. The molecule has 0 aliphatic carbocycles. The smallest absolute Gasteiger partial charge is 0.255 e. The summed E-state index contributed by atoms with van der Waals surface area (Å²) in [6.45, 7) is 3.10. The Hall–Kier alpha value is -3.67. The standard InChI is InChI=1S/C22H17N5O/c1-13-8-20-16(12-25-27-20)9-18(13)22(28)26-17-3-2-15-11-24-21(19(15)10-17)14-4-6-23-7-5-14/h2-10H,11-12H2,1H3,(H,26,28). The fraction of sp³-hybridized carbons (Fsp3) is 0.136. The van der Waals surface area contributed by atoms with Gasteiger partial charge in [0.1, 0.15) is 0 Å². The van der Waals surface area contributed by atoms with E-state index in [1.165, 1.54) is 0 Å². The van der Waals surface area contributed by atoms with Gasteiger partial charge >= 0.3 is 0 Å². The molecule has 5 rings (SSSR count). The lowest BCUT2D eigenvalue weighted by Gasteiger charge is -2.11. The first-order valence-corrected chi connectivity index (χ1v) is 9.09. The molecule has 3 aromatic rings. The summed E-state index contributed by atoms with van der Waals surface area (Å²) in [6.07, 6.45) is 3.52. The minimum atomic E-state index is -0.132. The summed E-state index contributed by atoms with van der Waals surface area (Å²) in [7, 11) is 0. The number of anilines is 1. The highest BCUT2D eigenvalue weighted by atomic mass is 16.1. The van der Waals surface area contributed by atoms with Crippen molar-refractivity contribution < 1.29 is 4.79 Å². The van der Waals surface area contributed by atoms with Crippen LogP contribution in [-0.2, 0) is 13.1 Å². The van der Waals surface area contributed by atoms with Crippen LogP contribution < -0.4 is 5.32 Å². The zero-order valence-electron chi connectivity index (χ0n) is 15.3. The normalized spacial score (nSPS) is 13.8. The number of hydrogen-bond acceptors (Lipinski definition) is 5. The molecule has 1 amide bonds. The van der Waals surface area contributed by atoms with Gasteiger partial charge in [0.2, 0.25) is 0 Å². The van der Waals surface area contributed by atoms with Crippen LogP contribution in [0.5, 0.6) is 0 Å². The van der Waals surface area contributed by atoms with E-state index in [2.05, 4.69) is 25.5 Å². The quantitative estimate of drug-likeness (QED) is 0.735. The van der Waals surface area contributed by atoms with Gasteiger partial charge in [-0.25, -0.2) is 0 Å². The average molecular weight is 367 g/mol. The van der Waals surface area contributed by atoms with E-state index < -0.39 is 0 Å². The van der Waals surface area contributed by atoms with E-state index in [9.17, 15) is 4.79 Å². The van der Waals surface area contributed by atoms with Crippen molar-refractivity contribution in [2.24, 2.45) is 15.2 Å². The van der Waals surface area contributed by atoms with Crippen molar-refractivity contribution in [3.05, 3.63) is 88.2 Å². The molecule has 0 unspecified atom stereocenters. The van der Waals surface area contributed by atoms with Crippen molar-refractivity contribution in [1.29, 1.82) is 0 Å². The van der Waals surface area contributed by atoms with E-state index in [1.54, 1.807) is 12.4 Å². The van der Waals surface area contributed by atoms with Crippen molar-refractivity contribution in [3.8, 4) is 0 Å². The molecular formula is C22H17N5O. The monoisotopic (exact) mass is 367 g/mol. The fourth-order valence-corrected chi connectivity index (χ4v) is 3.61. The number of nitrogens with one attached hydrogen (secondary N) is 1. The lowest BCUT2D eigenvalue weighted by molar-refractivity contribution is 0.102. The van der Waals surface area contributed by atoms with Gasteiger partial charge in [0.25, 0.3) is 5.91 Å². The summed E-state index contributed by atoms with van der Waals surface area (Å²) in [4.78, 5) is 21.6. The zero-order chi connectivity index (χ0) is 19.1. The number of hydrogen-bond donors (Lipinski definition) is 1. The molecule has 6 heteroatoms. The van der Waals surface area contributed by atoms with Crippen LogP contribution in [0.25, 0.3) is 0 Å². The van der Waals surface area contributed by atoms with Crippen molar-refractivity contribution in [1.82, 2.24) is 4.98 Å². The number of amides is 1. The average Bonchev–Trinajstić information content (AvgIpc) is 3.34. The fourth-order valence-electron chi connectivity index (χ4n) is 3.61. The Balaban J connectivity index is 1.43. The van der Waals surface area contributed by atoms with E-state index >= 15 is 0 Å². The molecule has 1 aromatic heterocycles. The first-order valence-electron chi connectivity index (χ1n) is 9.09.